The highest BCUT2D eigenvalue weighted by Gasteiger charge is 2.18. The Labute approximate surface area is 156 Å². The minimum absolute atomic E-state index is 0.376. The maximum absolute atomic E-state index is 12.0. The Hall–Kier alpha value is -2.67. The lowest BCUT2D eigenvalue weighted by Crippen LogP contribution is -2.29. The van der Waals surface area contributed by atoms with Gasteiger partial charge in [0.25, 0.3) is 5.91 Å². The van der Waals surface area contributed by atoms with Crippen molar-refractivity contribution in [1.29, 1.82) is 0 Å². The number of esters is 1. The first-order chi connectivity index (χ1) is 12.5. The van der Waals surface area contributed by atoms with E-state index in [1.807, 2.05) is 18.4 Å². The quantitative estimate of drug-likeness (QED) is 0.563. The van der Waals surface area contributed by atoms with Crippen LogP contribution in [0.4, 0.5) is 5.69 Å². The molecule has 1 N–H and O–H groups in total. The predicted octanol–water partition coefficient (Wildman–Crippen LogP) is 3.37. The highest BCUT2D eigenvalue weighted by molar-refractivity contribution is 7.98. The fraction of sp³-hybridized carbons (Fsp3) is 0.263. The highest BCUT2D eigenvalue weighted by atomic mass is 32.2. The molecule has 1 atom stereocenters. The maximum atomic E-state index is 12.0. The predicted molar refractivity (Wildman–Crippen MR) is 101 cm³/mol. The van der Waals surface area contributed by atoms with Gasteiger partial charge in [-0.05, 0) is 61.7 Å². The summed E-state index contributed by atoms with van der Waals surface area (Å²) in [5.74, 6) is 0.170. The number of hydrogen-bond acceptors (Lipinski definition) is 6. The van der Waals surface area contributed by atoms with Gasteiger partial charge in [0.2, 0.25) is 0 Å². The summed E-state index contributed by atoms with van der Waals surface area (Å²) in [6, 6.07) is 14.2. The summed E-state index contributed by atoms with van der Waals surface area (Å²) in [7, 11) is 1.57. The molecule has 0 aliphatic carbocycles. The van der Waals surface area contributed by atoms with Gasteiger partial charge in [-0.25, -0.2) is 4.79 Å². The summed E-state index contributed by atoms with van der Waals surface area (Å²) in [5.41, 5.74) is 0.645. The Morgan fingerprint density at radius 3 is 2.23 bits per heavy atom. The number of carbonyl (C=O) groups is 2. The Morgan fingerprint density at radius 2 is 1.65 bits per heavy atom. The van der Waals surface area contributed by atoms with Crippen molar-refractivity contribution in [3.63, 3.8) is 0 Å². The number of carbonyl (C=O) groups excluding carboxylic acids is 2. The van der Waals surface area contributed by atoms with Crippen LogP contribution in [-0.2, 0) is 14.3 Å². The lowest BCUT2D eigenvalue weighted by Gasteiger charge is -2.14. The minimum Gasteiger partial charge on any atom is -0.497 e. The monoisotopic (exact) mass is 375 g/mol. The molecule has 0 fully saturated rings. The number of ether oxygens (including phenoxy) is 3. The number of thioether (sulfide) groups is 1. The second-order valence-electron chi connectivity index (χ2n) is 5.32. The van der Waals surface area contributed by atoms with E-state index in [-0.39, 0.29) is 6.61 Å². The third-order valence-corrected chi connectivity index (χ3v) is 4.17. The molecule has 7 heteroatoms. The van der Waals surface area contributed by atoms with E-state index in [2.05, 4.69) is 5.32 Å². The van der Waals surface area contributed by atoms with Gasteiger partial charge in [-0.1, -0.05) is 0 Å². The van der Waals surface area contributed by atoms with Gasteiger partial charge >= 0.3 is 5.97 Å². The van der Waals surface area contributed by atoms with Crippen molar-refractivity contribution < 1.29 is 23.8 Å². The molecule has 0 radical (unpaired) electrons. The van der Waals surface area contributed by atoms with Crippen molar-refractivity contribution in [1.82, 2.24) is 0 Å². The molecule has 0 aliphatic rings. The molecule has 0 aromatic heterocycles. The third-order valence-electron chi connectivity index (χ3n) is 3.42. The van der Waals surface area contributed by atoms with E-state index in [4.69, 9.17) is 14.2 Å². The summed E-state index contributed by atoms with van der Waals surface area (Å²) in [5, 5.41) is 2.67. The van der Waals surface area contributed by atoms with Crippen LogP contribution in [-0.4, -0.2) is 38.0 Å². The topological polar surface area (TPSA) is 73.9 Å². The molecule has 1 amide bonds. The zero-order valence-electron chi connectivity index (χ0n) is 14.9. The van der Waals surface area contributed by atoms with Crippen molar-refractivity contribution in [2.24, 2.45) is 0 Å². The average molecular weight is 375 g/mol. The minimum atomic E-state index is -0.836. The van der Waals surface area contributed by atoms with Crippen LogP contribution in [0.15, 0.2) is 53.4 Å². The molecule has 0 aliphatic heterocycles. The van der Waals surface area contributed by atoms with E-state index in [1.165, 1.54) is 0 Å². The molecule has 2 rings (SSSR count). The molecule has 2 aromatic rings. The Morgan fingerprint density at radius 1 is 1.04 bits per heavy atom. The SMILES string of the molecule is COc1ccc(OC(C)C(=O)OCC(=O)Nc2ccc(SC)cc2)cc1. The number of anilines is 1. The van der Waals surface area contributed by atoms with Gasteiger partial charge in [-0.3, -0.25) is 4.79 Å². The molecular formula is C19H21NO5S. The van der Waals surface area contributed by atoms with E-state index >= 15 is 0 Å². The number of rotatable bonds is 8. The van der Waals surface area contributed by atoms with Crippen LogP contribution in [0.2, 0.25) is 0 Å². The van der Waals surface area contributed by atoms with E-state index in [0.717, 1.165) is 4.90 Å². The van der Waals surface area contributed by atoms with Gasteiger partial charge < -0.3 is 19.5 Å². The lowest BCUT2D eigenvalue weighted by atomic mass is 10.3. The van der Waals surface area contributed by atoms with E-state index in [1.54, 1.807) is 62.2 Å². The zero-order valence-corrected chi connectivity index (χ0v) is 15.7. The molecule has 2 aromatic carbocycles. The number of hydrogen-bond donors (Lipinski definition) is 1. The molecule has 26 heavy (non-hydrogen) atoms. The van der Waals surface area contributed by atoms with Crippen molar-refractivity contribution >= 4 is 29.3 Å². The summed E-state index contributed by atoms with van der Waals surface area (Å²) in [6.07, 6.45) is 1.14. The van der Waals surface area contributed by atoms with E-state index in [0.29, 0.717) is 17.2 Å². The van der Waals surface area contributed by atoms with Crippen LogP contribution in [0.25, 0.3) is 0 Å². The normalized spacial score (nSPS) is 11.3. The summed E-state index contributed by atoms with van der Waals surface area (Å²) >= 11 is 1.61. The van der Waals surface area contributed by atoms with Crippen molar-refractivity contribution in [3.05, 3.63) is 48.5 Å². The second kappa shape index (κ2) is 9.72. The Balaban J connectivity index is 1.77. The van der Waals surface area contributed by atoms with E-state index < -0.39 is 18.0 Å². The van der Waals surface area contributed by atoms with Gasteiger partial charge in [0.05, 0.1) is 7.11 Å². The molecule has 0 heterocycles. The van der Waals surface area contributed by atoms with Crippen LogP contribution in [0, 0.1) is 0 Å². The molecule has 0 spiro atoms. The van der Waals surface area contributed by atoms with Gasteiger partial charge in [0, 0.05) is 10.6 Å². The van der Waals surface area contributed by atoms with Crippen molar-refractivity contribution in [2.75, 3.05) is 25.3 Å². The van der Waals surface area contributed by atoms with Gasteiger partial charge in [-0.2, -0.15) is 0 Å². The third kappa shape index (κ3) is 6.00. The van der Waals surface area contributed by atoms with Crippen LogP contribution in [0.3, 0.4) is 0 Å². The number of methoxy groups -OCH3 is 1. The standard InChI is InChI=1S/C19H21NO5S/c1-13(25-16-8-6-15(23-2)7-9-16)19(22)24-12-18(21)20-14-4-10-17(26-3)11-5-14/h4-11,13H,12H2,1-3H3,(H,20,21). The molecule has 6 nitrogen and oxygen atoms in total. The molecule has 1 unspecified atom stereocenters. The maximum Gasteiger partial charge on any atom is 0.347 e. The molecule has 138 valence electrons. The fourth-order valence-electron chi connectivity index (χ4n) is 2.03. The van der Waals surface area contributed by atoms with Crippen LogP contribution >= 0.6 is 11.8 Å². The lowest BCUT2D eigenvalue weighted by molar-refractivity contribution is -0.153. The number of amides is 1. The van der Waals surface area contributed by atoms with E-state index in [9.17, 15) is 9.59 Å². The van der Waals surface area contributed by atoms with Crippen molar-refractivity contribution in [2.45, 2.75) is 17.9 Å². The smallest absolute Gasteiger partial charge is 0.347 e. The first kappa shape index (κ1) is 19.7. The second-order valence-corrected chi connectivity index (χ2v) is 6.20. The molecule has 0 saturated carbocycles. The first-order valence-electron chi connectivity index (χ1n) is 7.93. The van der Waals surface area contributed by atoms with Gasteiger partial charge in [0.15, 0.2) is 12.7 Å². The summed E-state index contributed by atoms with van der Waals surface area (Å²) in [6.45, 7) is 1.19. The average Bonchev–Trinajstić information content (AvgIpc) is 2.67. The summed E-state index contributed by atoms with van der Waals surface area (Å²) in [4.78, 5) is 24.9. The van der Waals surface area contributed by atoms with Crippen molar-refractivity contribution in [3.8, 4) is 11.5 Å². The first-order valence-corrected chi connectivity index (χ1v) is 9.15. The Kier molecular flexibility index (Phi) is 7.35. The molecule has 0 saturated heterocycles. The molecule has 0 bridgehead atoms. The molecular weight excluding hydrogens is 354 g/mol. The Bertz CT molecular complexity index is 731. The van der Waals surface area contributed by atoms with Crippen LogP contribution in [0.5, 0.6) is 11.5 Å². The van der Waals surface area contributed by atoms with Gasteiger partial charge in [-0.15, -0.1) is 11.8 Å². The van der Waals surface area contributed by atoms with Gasteiger partial charge in [0.1, 0.15) is 11.5 Å². The number of benzene rings is 2. The zero-order chi connectivity index (χ0) is 18.9. The number of nitrogens with one attached hydrogen (secondary N) is 1. The highest BCUT2D eigenvalue weighted by Crippen LogP contribution is 2.19. The largest absolute Gasteiger partial charge is 0.497 e. The summed E-state index contributed by atoms with van der Waals surface area (Å²) < 4.78 is 15.5. The van der Waals surface area contributed by atoms with Crippen LogP contribution in [0.1, 0.15) is 6.92 Å². The fourth-order valence-corrected chi connectivity index (χ4v) is 2.44. The van der Waals surface area contributed by atoms with Crippen LogP contribution < -0.4 is 14.8 Å².